The van der Waals surface area contributed by atoms with Crippen LogP contribution in [-0.4, -0.2) is 45.2 Å². The van der Waals surface area contributed by atoms with Crippen LogP contribution in [0.1, 0.15) is 58.3 Å². The Bertz CT molecular complexity index is 224. The zero-order valence-electron chi connectivity index (χ0n) is 13.9. The Morgan fingerprint density at radius 3 is 1.86 bits per heavy atom. The number of hydrogen-bond acceptors (Lipinski definition) is 4. The third kappa shape index (κ3) is 17.3. The van der Waals surface area contributed by atoms with E-state index < -0.39 is 0 Å². The van der Waals surface area contributed by atoms with Gasteiger partial charge in [-0.15, -0.1) is 0 Å². The number of amides is 1. The van der Waals surface area contributed by atoms with Crippen LogP contribution < -0.4 is 21.7 Å². The molecule has 21 heavy (non-hydrogen) atoms. The van der Waals surface area contributed by atoms with Gasteiger partial charge in [0.25, 0.3) is 0 Å². The summed E-state index contributed by atoms with van der Waals surface area (Å²) in [7, 11) is 0. The second-order valence-corrected chi connectivity index (χ2v) is 5.51. The fraction of sp³-hybridized carbons (Fsp3) is 0.938. The minimum absolute atomic E-state index is 0.191. The summed E-state index contributed by atoms with van der Waals surface area (Å²) in [6.45, 7) is 7.80. The van der Waals surface area contributed by atoms with Crippen LogP contribution in [0.4, 0.5) is 0 Å². The number of carbonyl (C=O) groups excluding carboxylic acids is 1. The van der Waals surface area contributed by atoms with Gasteiger partial charge < -0.3 is 21.7 Å². The van der Waals surface area contributed by atoms with E-state index in [-0.39, 0.29) is 5.91 Å². The van der Waals surface area contributed by atoms with Gasteiger partial charge in [-0.1, -0.05) is 19.8 Å². The molecule has 0 aromatic rings. The van der Waals surface area contributed by atoms with Crippen molar-refractivity contribution in [1.82, 2.24) is 16.0 Å². The van der Waals surface area contributed by atoms with Crippen molar-refractivity contribution in [2.45, 2.75) is 58.3 Å². The lowest BCUT2D eigenvalue weighted by atomic mass is 10.2. The largest absolute Gasteiger partial charge is 0.356 e. The van der Waals surface area contributed by atoms with Crippen molar-refractivity contribution in [2.24, 2.45) is 5.73 Å². The van der Waals surface area contributed by atoms with Crippen molar-refractivity contribution in [3.8, 4) is 0 Å². The third-order valence-electron chi connectivity index (χ3n) is 3.36. The molecule has 5 N–H and O–H groups in total. The van der Waals surface area contributed by atoms with Gasteiger partial charge in [-0.3, -0.25) is 4.79 Å². The Labute approximate surface area is 130 Å². The average molecular weight is 300 g/mol. The van der Waals surface area contributed by atoms with E-state index in [4.69, 9.17) is 5.73 Å². The molecule has 0 aliphatic carbocycles. The van der Waals surface area contributed by atoms with Crippen LogP contribution in [-0.2, 0) is 4.79 Å². The van der Waals surface area contributed by atoms with Crippen molar-refractivity contribution >= 4 is 5.91 Å². The van der Waals surface area contributed by atoms with Crippen LogP contribution in [0, 0.1) is 0 Å². The SMILES string of the molecule is CCCC(=O)NCCCCCNCCCCCNCCN. The number of hydrogen-bond donors (Lipinski definition) is 4. The summed E-state index contributed by atoms with van der Waals surface area (Å²) < 4.78 is 0. The van der Waals surface area contributed by atoms with Crippen LogP contribution in [0.2, 0.25) is 0 Å². The molecule has 5 nitrogen and oxygen atoms in total. The third-order valence-corrected chi connectivity index (χ3v) is 3.36. The van der Waals surface area contributed by atoms with Crippen molar-refractivity contribution in [1.29, 1.82) is 0 Å². The zero-order chi connectivity index (χ0) is 15.6. The number of unbranched alkanes of at least 4 members (excludes halogenated alkanes) is 4. The normalized spacial score (nSPS) is 10.8. The summed E-state index contributed by atoms with van der Waals surface area (Å²) in [6.07, 6.45) is 8.81. The smallest absolute Gasteiger partial charge is 0.219 e. The van der Waals surface area contributed by atoms with E-state index in [0.29, 0.717) is 6.42 Å². The quantitative estimate of drug-likeness (QED) is 0.325. The molecule has 0 aliphatic heterocycles. The number of nitrogens with one attached hydrogen (secondary N) is 3. The lowest BCUT2D eigenvalue weighted by Gasteiger charge is -2.06. The Balaban J connectivity index is 3.01. The Morgan fingerprint density at radius 2 is 1.33 bits per heavy atom. The van der Waals surface area contributed by atoms with Crippen LogP contribution in [0.3, 0.4) is 0 Å². The molecule has 0 radical (unpaired) electrons. The predicted octanol–water partition coefficient (Wildman–Crippen LogP) is 1.38. The topological polar surface area (TPSA) is 79.2 Å². The van der Waals surface area contributed by atoms with Gasteiger partial charge in [-0.2, -0.15) is 0 Å². The van der Waals surface area contributed by atoms with Gasteiger partial charge in [-0.25, -0.2) is 0 Å². The average Bonchev–Trinajstić information content (AvgIpc) is 2.48. The molecule has 0 atom stereocenters. The molecule has 0 spiro atoms. The molecule has 0 aromatic carbocycles. The van der Waals surface area contributed by atoms with Gasteiger partial charge in [-0.05, 0) is 51.7 Å². The molecule has 0 fully saturated rings. The van der Waals surface area contributed by atoms with Crippen molar-refractivity contribution in [3.05, 3.63) is 0 Å². The van der Waals surface area contributed by atoms with Gasteiger partial charge >= 0.3 is 0 Å². The highest BCUT2D eigenvalue weighted by Gasteiger charge is 1.97. The molecular weight excluding hydrogens is 264 g/mol. The maximum atomic E-state index is 11.2. The molecule has 0 aromatic heterocycles. The highest BCUT2D eigenvalue weighted by Crippen LogP contribution is 1.95. The maximum Gasteiger partial charge on any atom is 0.219 e. The highest BCUT2D eigenvalue weighted by atomic mass is 16.1. The van der Waals surface area contributed by atoms with Gasteiger partial charge in [0.15, 0.2) is 0 Å². The summed E-state index contributed by atoms with van der Waals surface area (Å²) in [5.41, 5.74) is 5.40. The van der Waals surface area contributed by atoms with Gasteiger partial charge in [0.1, 0.15) is 0 Å². The fourth-order valence-electron chi connectivity index (χ4n) is 2.12. The van der Waals surface area contributed by atoms with Gasteiger partial charge in [0.05, 0.1) is 0 Å². The van der Waals surface area contributed by atoms with Crippen molar-refractivity contribution in [3.63, 3.8) is 0 Å². The molecule has 5 heteroatoms. The van der Waals surface area contributed by atoms with Crippen LogP contribution in [0.15, 0.2) is 0 Å². The van der Waals surface area contributed by atoms with E-state index >= 15 is 0 Å². The van der Waals surface area contributed by atoms with Crippen LogP contribution in [0.25, 0.3) is 0 Å². The molecule has 0 saturated heterocycles. The van der Waals surface area contributed by atoms with E-state index in [0.717, 1.165) is 52.1 Å². The minimum Gasteiger partial charge on any atom is -0.356 e. The molecule has 0 rings (SSSR count). The van der Waals surface area contributed by atoms with Gasteiger partial charge in [0.2, 0.25) is 5.91 Å². The second kappa shape index (κ2) is 17.4. The Kier molecular flexibility index (Phi) is 16.9. The van der Waals surface area contributed by atoms with E-state index in [1.54, 1.807) is 0 Å². The first-order valence-corrected chi connectivity index (χ1v) is 8.69. The Morgan fingerprint density at radius 1 is 0.810 bits per heavy atom. The van der Waals surface area contributed by atoms with Crippen molar-refractivity contribution < 1.29 is 4.79 Å². The van der Waals surface area contributed by atoms with Crippen LogP contribution >= 0.6 is 0 Å². The second-order valence-electron chi connectivity index (χ2n) is 5.51. The molecule has 0 bridgehead atoms. The maximum absolute atomic E-state index is 11.2. The minimum atomic E-state index is 0.191. The zero-order valence-corrected chi connectivity index (χ0v) is 13.9. The van der Waals surface area contributed by atoms with E-state index in [2.05, 4.69) is 16.0 Å². The lowest BCUT2D eigenvalue weighted by Crippen LogP contribution is -2.24. The van der Waals surface area contributed by atoms with Crippen molar-refractivity contribution in [2.75, 3.05) is 39.3 Å². The fourth-order valence-corrected chi connectivity index (χ4v) is 2.12. The van der Waals surface area contributed by atoms with E-state index in [1.165, 1.54) is 32.1 Å². The van der Waals surface area contributed by atoms with E-state index in [9.17, 15) is 4.79 Å². The highest BCUT2D eigenvalue weighted by molar-refractivity contribution is 5.75. The molecule has 1 amide bonds. The number of rotatable bonds is 16. The molecule has 0 saturated carbocycles. The monoisotopic (exact) mass is 300 g/mol. The first-order chi connectivity index (χ1) is 10.3. The molecule has 126 valence electrons. The molecular formula is C16H36N4O. The number of nitrogens with two attached hydrogens (primary N) is 1. The summed E-state index contributed by atoms with van der Waals surface area (Å²) >= 11 is 0. The Hall–Kier alpha value is -0.650. The molecule has 0 aliphatic rings. The van der Waals surface area contributed by atoms with Gasteiger partial charge in [0, 0.05) is 26.1 Å². The summed E-state index contributed by atoms with van der Waals surface area (Å²) in [5, 5.41) is 9.74. The summed E-state index contributed by atoms with van der Waals surface area (Å²) in [4.78, 5) is 11.2. The summed E-state index contributed by atoms with van der Waals surface area (Å²) in [5.74, 6) is 0.191. The molecule has 0 heterocycles. The van der Waals surface area contributed by atoms with E-state index in [1.807, 2.05) is 6.92 Å². The standard InChI is InChI=1S/C16H36N4O/c1-2-9-16(21)20-14-8-4-7-12-18-11-5-3-6-13-19-15-10-17/h18-19H,2-15,17H2,1H3,(H,20,21). The van der Waals surface area contributed by atoms with Crippen LogP contribution in [0.5, 0.6) is 0 Å². The first-order valence-electron chi connectivity index (χ1n) is 8.69. The number of carbonyl (C=O) groups is 1. The summed E-state index contributed by atoms with van der Waals surface area (Å²) in [6, 6.07) is 0. The lowest BCUT2D eigenvalue weighted by molar-refractivity contribution is -0.121. The predicted molar refractivity (Wildman–Crippen MR) is 90.4 cm³/mol. The first kappa shape index (κ1) is 20.3. The molecule has 0 unspecified atom stereocenters.